The molecule has 2 saturated heterocycles. The Balaban J connectivity index is 0.630. The van der Waals surface area contributed by atoms with Gasteiger partial charge < -0.3 is 34.1 Å². The lowest BCUT2D eigenvalue weighted by Gasteiger charge is -2.33. The van der Waals surface area contributed by atoms with Crippen LogP contribution in [0.5, 0.6) is 0 Å². The summed E-state index contributed by atoms with van der Waals surface area (Å²) in [5.41, 5.74) is 6.71. The second-order valence-corrected chi connectivity index (χ2v) is 18.1. The van der Waals surface area contributed by atoms with Crippen LogP contribution in [0, 0.1) is 18.8 Å². The van der Waals surface area contributed by atoms with Crippen molar-refractivity contribution in [1.29, 1.82) is 0 Å². The summed E-state index contributed by atoms with van der Waals surface area (Å²) in [7, 11) is 0. The van der Waals surface area contributed by atoms with Crippen LogP contribution >= 0.6 is 11.3 Å². The summed E-state index contributed by atoms with van der Waals surface area (Å²) in [6.45, 7) is 8.39. The quantitative estimate of drug-likeness (QED) is 0.0541. The number of thiophene rings is 1. The van der Waals surface area contributed by atoms with Gasteiger partial charge >= 0.3 is 5.97 Å². The van der Waals surface area contributed by atoms with Gasteiger partial charge in [-0.3, -0.25) is 33.7 Å². The zero-order chi connectivity index (χ0) is 46.1. The van der Waals surface area contributed by atoms with Crippen LogP contribution < -0.4 is 10.6 Å². The molecular weight excluding hydrogens is 875 g/mol. The number of esters is 1. The number of likely N-dealkylation sites (tertiary alicyclic amines) is 1. The minimum absolute atomic E-state index is 0.165. The summed E-state index contributed by atoms with van der Waals surface area (Å²) < 4.78 is 26.7. The zero-order valence-electron chi connectivity index (χ0n) is 37.7. The van der Waals surface area contributed by atoms with E-state index in [1.54, 1.807) is 27.1 Å². The Morgan fingerprint density at radius 3 is 2.58 bits per heavy atom. The van der Waals surface area contributed by atoms with Crippen molar-refractivity contribution < 1.29 is 38.1 Å². The molecule has 0 saturated carbocycles. The molecule has 67 heavy (non-hydrogen) atoms. The first-order chi connectivity index (χ1) is 32.8. The second kappa shape index (κ2) is 21.6. The molecule has 1 unspecified atom stereocenters. The highest BCUT2D eigenvalue weighted by Gasteiger charge is 2.40. The van der Waals surface area contributed by atoms with E-state index in [2.05, 4.69) is 59.4 Å². The van der Waals surface area contributed by atoms with Crippen LogP contribution in [0.15, 0.2) is 60.9 Å². The number of imide groups is 1. The molecule has 350 valence electrons. The highest BCUT2D eigenvalue weighted by Crippen LogP contribution is 2.37. The summed E-state index contributed by atoms with van der Waals surface area (Å²) in [6, 6.07) is 15.7. The fourth-order valence-electron chi connectivity index (χ4n) is 9.02. The van der Waals surface area contributed by atoms with Crippen molar-refractivity contribution in [3.63, 3.8) is 0 Å². The van der Waals surface area contributed by atoms with Crippen LogP contribution in [0.4, 0.5) is 5.69 Å². The summed E-state index contributed by atoms with van der Waals surface area (Å²) in [4.78, 5) is 54.7. The topological polar surface area (TPSA) is 184 Å². The van der Waals surface area contributed by atoms with E-state index in [1.165, 1.54) is 5.56 Å². The van der Waals surface area contributed by atoms with Crippen LogP contribution in [0.3, 0.4) is 0 Å². The number of nitrogens with zero attached hydrogens (tertiary/aromatic N) is 7. The zero-order valence-corrected chi connectivity index (χ0v) is 38.5. The number of fused-ring (bicyclic) bond motifs is 4. The highest BCUT2D eigenvalue weighted by molar-refractivity contribution is 7.15. The molecule has 4 aliphatic heterocycles. The van der Waals surface area contributed by atoms with Crippen molar-refractivity contribution in [2.45, 2.75) is 90.3 Å². The molecule has 0 spiro atoms. The SMILES string of the molecule is Cc1nnc2n1-c1sc(C#Cc3cnn(CCCC(=O)OCCOCCOCCN4CCC(Nc5cccc6c5CN(C5CCC(=O)NC5=O)C6=O)CC4)c3)c(Cc3ccccc3)c1COC2. The molecule has 0 aliphatic carbocycles. The number of aryl methyl sites for hydroxylation is 2. The van der Waals surface area contributed by atoms with Crippen LogP contribution in [0.1, 0.15) is 93.2 Å². The number of ether oxygens (including phenoxy) is 4. The van der Waals surface area contributed by atoms with Crippen molar-refractivity contribution >= 4 is 40.7 Å². The predicted octanol–water partition coefficient (Wildman–Crippen LogP) is 4.55. The third-order valence-corrected chi connectivity index (χ3v) is 13.7. The van der Waals surface area contributed by atoms with Crippen molar-refractivity contribution in [1.82, 2.24) is 39.7 Å². The first kappa shape index (κ1) is 45.9. The van der Waals surface area contributed by atoms with E-state index in [-0.39, 0.29) is 43.3 Å². The molecule has 4 aliphatic rings. The van der Waals surface area contributed by atoms with E-state index in [9.17, 15) is 19.2 Å². The van der Waals surface area contributed by atoms with E-state index in [0.717, 1.165) is 88.4 Å². The normalized spacial score (nSPS) is 17.3. The van der Waals surface area contributed by atoms with Crippen molar-refractivity contribution in [2.24, 2.45) is 0 Å². The minimum atomic E-state index is -0.630. The molecule has 17 nitrogen and oxygen atoms in total. The average Bonchev–Trinajstić information content (AvgIpc) is 4.08. The predicted molar refractivity (Wildman–Crippen MR) is 247 cm³/mol. The van der Waals surface area contributed by atoms with E-state index < -0.39 is 11.9 Å². The molecule has 18 heteroatoms. The Kier molecular flexibility index (Phi) is 14.8. The number of aromatic nitrogens is 5. The fourth-order valence-corrected chi connectivity index (χ4v) is 10.3. The van der Waals surface area contributed by atoms with Gasteiger partial charge in [0.25, 0.3) is 5.91 Å². The molecule has 9 rings (SSSR count). The number of anilines is 1. The van der Waals surface area contributed by atoms with Gasteiger partial charge in [0.1, 0.15) is 30.1 Å². The van der Waals surface area contributed by atoms with Crippen molar-refractivity contribution in [3.05, 3.63) is 111 Å². The number of amides is 3. The standard InChI is InChI=1S/C49H55N9O8S/c1-33-53-54-44-32-65-31-40-38(27-34-7-3-2-4-8-34)43(67-49(40)58(33)44)14-12-35-28-50-56(29-35)18-6-11-46(60)66-26-25-64-24-23-63-22-21-55-19-16-36(17-20-55)51-41-10-5-9-37-39(41)30-57(48(37)62)42-13-15-45(59)52-47(42)61/h2-5,7-10,28-29,36,42,51H,6,11,13,15-27,30-32H2,1H3,(H,52,59,61). The fraction of sp³-hybridized carbons (Fsp3) is 0.449. The summed E-state index contributed by atoms with van der Waals surface area (Å²) in [5.74, 6) is 7.21. The maximum Gasteiger partial charge on any atom is 0.305 e. The van der Waals surface area contributed by atoms with Crippen LogP contribution in [0.2, 0.25) is 0 Å². The molecule has 0 radical (unpaired) electrons. The molecule has 3 amide bonds. The Morgan fingerprint density at radius 2 is 1.75 bits per heavy atom. The number of carbonyl (C=O) groups excluding carboxylic acids is 4. The molecule has 2 aromatic carbocycles. The van der Waals surface area contributed by atoms with Crippen molar-refractivity contribution in [3.8, 4) is 16.8 Å². The van der Waals surface area contributed by atoms with Crippen LogP contribution in [-0.4, -0.2) is 123 Å². The lowest BCUT2D eigenvalue weighted by atomic mass is 10.0. The van der Waals surface area contributed by atoms with Gasteiger partial charge in [-0.1, -0.05) is 48.2 Å². The number of benzene rings is 2. The maximum absolute atomic E-state index is 13.2. The van der Waals surface area contributed by atoms with E-state index >= 15 is 0 Å². The Bertz CT molecular complexity index is 2640. The number of hydrogen-bond acceptors (Lipinski definition) is 14. The van der Waals surface area contributed by atoms with E-state index in [4.69, 9.17) is 18.9 Å². The van der Waals surface area contributed by atoms with Gasteiger partial charge in [0.05, 0.1) is 49.7 Å². The Morgan fingerprint density at radius 1 is 0.925 bits per heavy atom. The first-order valence-corrected chi connectivity index (χ1v) is 23.9. The monoisotopic (exact) mass is 929 g/mol. The number of rotatable bonds is 18. The van der Waals surface area contributed by atoms with Gasteiger partial charge in [-0.15, -0.1) is 21.5 Å². The molecule has 2 fully saturated rings. The van der Waals surface area contributed by atoms with Gasteiger partial charge in [-0.25, -0.2) is 0 Å². The molecule has 1 atom stereocenters. The third-order valence-electron chi connectivity index (χ3n) is 12.6. The smallest absolute Gasteiger partial charge is 0.305 e. The Hall–Kier alpha value is -6.23. The van der Waals surface area contributed by atoms with Crippen LogP contribution in [-0.2, 0) is 66.1 Å². The van der Waals surface area contributed by atoms with Gasteiger partial charge in [-0.05, 0) is 62.3 Å². The van der Waals surface area contributed by atoms with Gasteiger partial charge in [0.15, 0.2) is 5.82 Å². The number of piperidine rings is 2. The third kappa shape index (κ3) is 11.1. The average molecular weight is 930 g/mol. The second-order valence-electron chi connectivity index (χ2n) is 17.1. The molecule has 5 aromatic rings. The molecule has 0 bridgehead atoms. The highest BCUT2D eigenvalue weighted by atomic mass is 32.1. The number of nitrogens with one attached hydrogen (secondary N) is 2. The van der Waals surface area contributed by atoms with Gasteiger partial charge in [0.2, 0.25) is 11.8 Å². The van der Waals surface area contributed by atoms with Crippen LogP contribution in [0.25, 0.3) is 5.00 Å². The Labute approximate surface area is 393 Å². The minimum Gasteiger partial charge on any atom is -0.463 e. The molecular formula is C49H55N9O8S. The summed E-state index contributed by atoms with van der Waals surface area (Å²) in [5, 5.41) is 20.2. The van der Waals surface area contributed by atoms with Crippen molar-refractivity contribution in [2.75, 3.05) is 58.0 Å². The molecule has 2 N–H and O–H groups in total. The number of carbonyl (C=O) groups is 4. The van der Waals surface area contributed by atoms with E-state index in [1.807, 2.05) is 49.5 Å². The lowest BCUT2D eigenvalue weighted by Crippen LogP contribution is -2.52. The first-order valence-electron chi connectivity index (χ1n) is 23.1. The summed E-state index contributed by atoms with van der Waals surface area (Å²) >= 11 is 1.64. The lowest BCUT2D eigenvalue weighted by molar-refractivity contribution is -0.145. The molecule has 7 heterocycles. The maximum atomic E-state index is 13.2. The van der Waals surface area contributed by atoms with E-state index in [0.29, 0.717) is 71.1 Å². The van der Waals surface area contributed by atoms with Gasteiger partial charge in [-0.2, -0.15) is 5.10 Å². The summed E-state index contributed by atoms with van der Waals surface area (Å²) in [6.07, 6.45) is 7.73. The largest absolute Gasteiger partial charge is 0.463 e. The van der Waals surface area contributed by atoms with Gasteiger partial charge in [0, 0.05) is 80.2 Å². The molecule has 3 aromatic heterocycles. The number of hydrogen-bond donors (Lipinski definition) is 2.